The number of aliphatic hydroxyl groups excluding tert-OH is 2. The first-order valence-electron chi connectivity index (χ1n) is 9.30. The number of unbranched alkanes of at least 4 members (excludes halogenated alkanes) is 2. The average molecular weight is 376 g/mol. The molecule has 2 rings (SSSR count). The molecular weight excluding hydrogens is 348 g/mol. The van der Waals surface area contributed by atoms with Gasteiger partial charge in [0.05, 0.1) is 18.9 Å². The summed E-state index contributed by atoms with van der Waals surface area (Å²) in [6.45, 7) is 2.62. The van der Waals surface area contributed by atoms with Gasteiger partial charge >= 0.3 is 0 Å². The fourth-order valence-corrected chi connectivity index (χ4v) is 3.01. The van der Waals surface area contributed by atoms with Gasteiger partial charge in [0.15, 0.2) is 0 Å². The Bertz CT molecular complexity index is 753. The molecule has 2 amide bonds. The number of hydrogen-bond acceptors (Lipinski definition) is 5. The molecule has 0 unspecified atom stereocenters. The van der Waals surface area contributed by atoms with Crippen molar-refractivity contribution in [2.75, 3.05) is 32.8 Å². The molecule has 0 aliphatic carbocycles. The maximum absolute atomic E-state index is 12.4. The number of aryl methyl sites for hydroxylation is 1. The lowest BCUT2D eigenvalue weighted by molar-refractivity contribution is -0.132. The zero-order valence-electron chi connectivity index (χ0n) is 15.7. The van der Waals surface area contributed by atoms with Crippen LogP contribution in [0.2, 0.25) is 0 Å². The molecule has 0 aliphatic heterocycles. The van der Waals surface area contributed by atoms with Gasteiger partial charge in [-0.3, -0.25) is 14.0 Å². The molecule has 0 bridgehead atoms. The monoisotopic (exact) mass is 376 g/mol. The van der Waals surface area contributed by atoms with Gasteiger partial charge in [-0.05, 0) is 31.9 Å². The van der Waals surface area contributed by atoms with Crippen LogP contribution >= 0.6 is 0 Å². The molecule has 0 atom stereocenters. The molecule has 2 heterocycles. The molecule has 148 valence electrons. The lowest BCUT2D eigenvalue weighted by atomic mass is 10.1. The van der Waals surface area contributed by atoms with Crippen LogP contribution in [0.25, 0.3) is 5.65 Å². The number of aliphatic hydroxyl groups is 2. The maximum atomic E-state index is 12.4. The summed E-state index contributed by atoms with van der Waals surface area (Å²) in [4.78, 5) is 30.3. The molecule has 27 heavy (non-hydrogen) atoms. The Kier molecular flexibility index (Phi) is 8.22. The number of carbonyl (C=O) groups is 2. The number of fused-ring (bicyclic) bond motifs is 1. The Labute approximate surface area is 158 Å². The number of hydrogen-bond donors (Lipinski definition) is 3. The Balaban J connectivity index is 1.71. The third kappa shape index (κ3) is 5.77. The van der Waals surface area contributed by atoms with Crippen LogP contribution in [-0.4, -0.2) is 69.2 Å². The summed E-state index contributed by atoms with van der Waals surface area (Å²) in [5, 5.41) is 20.8. The van der Waals surface area contributed by atoms with E-state index in [1.54, 1.807) is 4.40 Å². The molecule has 0 fully saturated rings. The molecule has 0 spiro atoms. The van der Waals surface area contributed by atoms with Crippen LogP contribution in [-0.2, 0) is 4.79 Å². The van der Waals surface area contributed by atoms with E-state index >= 15 is 0 Å². The van der Waals surface area contributed by atoms with E-state index in [4.69, 9.17) is 10.2 Å². The Morgan fingerprint density at radius 1 is 1.15 bits per heavy atom. The van der Waals surface area contributed by atoms with Crippen molar-refractivity contribution in [3.8, 4) is 0 Å². The number of nitrogens with zero attached hydrogens (tertiary/aromatic N) is 3. The molecule has 2 aromatic rings. The molecule has 0 saturated heterocycles. The molecule has 0 aliphatic rings. The van der Waals surface area contributed by atoms with Crippen molar-refractivity contribution in [1.82, 2.24) is 19.6 Å². The van der Waals surface area contributed by atoms with Crippen molar-refractivity contribution in [2.45, 2.75) is 32.6 Å². The van der Waals surface area contributed by atoms with Crippen molar-refractivity contribution in [2.24, 2.45) is 0 Å². The summed E-state index contributed by atoms with van der Waals surface area (Å²) in [5.41, 5.74) is 1.98. The lowest BCUT2D eigenvalue weighted by Gasteiger charge is -2.20. The van der Waals surface area contributed by atoms with Gasteiger partial charge in [-0.25, -0.2) is 4.98 Å². The summed E-state index contributed by atoms with van der Waals surface area (Å²) < 4.78 is 1.78. The van der Waals surface area contributed by atoms with E-state index < -0.39 is 0 Å². The van der Waals surface area contributed by atoms with Crippen LogP contribution in [0.15, 0.2) is 24.4 Å². The Morgan fingerprint density at radius 3 is 2.59 bits per heavy atom. The average Bonchev–Trinajstić information content (AvgIpc) is 2.99. The highest BCUT2D eigenvalue weighted by Crippen LogP contribution is 2.11. The Hall–Kier alpha value is -2.45. The van der Waals surface area contributed by atoms with Crippen molar-refractivity contribution >= 4 is 17.5 Å². The quantitative estimate of drug-likeness (QED) is 0.502. The third-order valence-corrected chi connectivity index (χ3v) is 4.36. The van der Waals surface area contributed by atoms with Crippen LogP contribution in [0.4, 0.5) is 0 Å². The highest BCUT2D eigenvalue weighted by molar-refractivity contribution is 5.94. The zero-order valence-corrected chi connectivity index (χ0v) is 15.7. The normalized spacial score (nSPS) is 10.9. The number of nitrogens with one attached hydrogen (secondary N) is 1. The van der Waals surface area contributed by atoms with Crippen molar-refractivity contribution in [3.05, 3.63) is 35.8 Å². The zero-order chi connectivity index (χ0) is 19.6. The number of amides is 2. The van der Waals surface area contributed by atoms with Crippen LogP contribution in [0.5, 0.6) is 0 Å². The van der Waals surface area contributed by atoms with Crippen molar-refractivity contribution in [1.29, 1.82) is 0 Å². The number of aromatic nitrogens is 2. The summed E-state index contributed by atoms with van der Waals surface area (Å²) in [6, 6.07) is 5.60. The third-order valence-electron chi connectivity index (χ3n) is 4.36. The summed E-state index contributed by atoms with van der Waals surface area (Å²) in [5.74, 6) is -0.220. The van der Waals surface area contributed by atoms with Crippen molar-refractivity contribution < 1.29 is 19.8 Å². The second kappa shape index (κ2) is 10.6. The highest BCUT2D eigenvalue weighted by atomic mass is 16.3. The topological polar surface area (TPSA) is 107 Å². The first-order valence-corrected chi connectivity index (χ1v) is 9.30. The van der Waals surface area contributed by atoms with Gasteiger partial charge in [-0.15, -0.1) is 0 Å². The fraction of sp³-hybridized carbons (Fsp3) is 0.526. The van der Waals surface area contributed by atoms with Crippen molar-refractivity contribution in [3.63, 3.8) is 0 Å². The fourth-order valence-electron chi connectivity index (χ4n) is 3.01. The van der Waals surface area contributed by atoms with E-state index in [1.165, 1.54) is 4.90 Å². The van der Waals surface area contributed by atoms with E-state index in [1.807, 2.05) is 31.3 Å². The van der Waals surface area contributed by atoms with Crippen LogP contribution in [0.3, 0.4) is 0 Å². The number of rotatable bonds is 11. The predicted octanol–water partition coefficient (Wildman–Crippen LogP) is 0.746. The second-order valence-electron chi connectivity index (χ2n) is 6.37. The van der Waals surface area contributed by atoms with E-state index in [2.05, 4.69) is 10.3 Å². The number of pyridine rings is 1. The lowest BCUT2D eigenvalue weighted by Crippen LogP contribution is -2.35. The molecule has 8 nitrogen and oxygen atoms in total. The minimum absolute atomic E-state index is 0.0662. The van der Waals surface area contributed by atoms with Gasteiger partial charge in [0.2, 0.25) is 5.91 Å². The smallest absolute Gasteiger partial charge is 0.270 e. The van der Waals surface area contributed by atoms with E-state index in [0.717, 1.165) is 18.5 Å². The molecule has 0 aromatic carbocycles. The van der Waals surface area contributed by atoms with Gasteiger partial charge in [-0.1, -0.05) is 12.5 Å². The van der Waals surface area contributed by atoms with Gasteiger partial charge in [0.1, 0.15) is 11.3 Å². The summed E-state index contributed by atoms with van der Waals surface area (Å²) in [6.07, 6.45) is 4.48. The molecule has 0 radical (unpaired) electrons. The molecule has 3 N–H and O–H groups in total. The minimum atomic E-state index is -0.153. The first-order chi connectivity index (χ1) is 13.1. The Morgan fingerprint density at radius 2 is 1.89 bits per heavy atom. The molecule has 0 saturated carbocycles. The first kappa shape index (κ1) is 20.9. The largest absolute Gasteiger partial charge is 0.395 e. The van der Waals surface area contributed by atoms with Gasteiger partial charge in [0.25, 0.3) is 5.91 Å². The number of imidazole rings is 1. The maximum Gasteiger partial charge on any atom is 0.270 e. The SMILES string of the molecule is Cc1nc2ccccn2c1C(=O)NCCCCCC(=O)N(CCO)CCO. The second-order valence-corrected chi connectivity index (χ2v) is 6.37. The summed E-state index contributed by atoms with van der Waals surface area (Å²) in [7, 11) is 0. The molecule has 2 aromatic heterocycles. The standard InChI is InChI=1S/C19H28N4O4/c1-15-18(23-10-6-4-7-16(23)21-15)19(27)20-9-5-2-3-8-17(26)22(11-13-24)12-14-25/h4,6-7,10,24-25H,2-3,5,8-9,11-14H2,1H3,(H,20,27). The van der Waals surface area contributed by atoms with E-state index in [0.29, 0.717) is 30.8 Å². The van der Waals surface area contributed by atoms with Crippen LogP contribution in [0, 0.1) is 6.92 Å². The number of carbonyl (C=O) groups excluding carboxylic acids is 2. The summed E-state index contributed by atoms with van der Waals surface area (Å²) >= 11 is 0. The van der Waals surface area contributed by atoms with Crippen LogP contribution < -0.4 is 5.32 Å². The van der Waals surface area contributed by atoms with Gasteiger partial charge in [0, 0.05) is 32.3 Å². The van der Waals surface area contributed by atoms with E-state index in [9.17, 15) is 9.59 Å². The highest BCUT2D eigenvalue weighted by Gasteiger charge is 2.16. The molecule has 8 heteroatoms. The molecular formula is C19H28N4O4. The van der Waals surface area contributed by atoms with Crippen LogP contribution in [0.1, 0.15) is 41.9 Å². The van der Waals surface area contributed by atoms with E-state index in [-0.39, 0.29) is 38.1 Å². The van der Waals surface area contributed by atoms with Gasteiger partial charge < -0.3 is 20.4 Å². The minimum Gasteiger partial charge on any atom is -0.395 e. The van der Waals surface area contributed by atoms with Gasteiger partial charge in [-0.2, -0.15) is 0 Å². The predicted molar refractivity (Wildman–Crippen MR) is 101 cm³/mol.